The van der Waals surface area contributed by atoms with Crippen LogP contribution in [0.1, 0.15) is 5.69 Å². The molecule has 0 aliphatic rings. The number of rotatable bonds is 3. The number of halogens is 1. The minimum atomic E-state index is -0.328. The molecule has 0 radical (unpaired) electrons. The summed E-state index contributed by atoms with van der Waals surface area (Å²) >= 11 is 0. The van der Waals surface area contributed by atoms with Crippen LogP contribution in [0.25, 0.3) is 22.4 Å². The molecule has 2 heterocycles. The second-order valence-electron chi connectivity index (χ2n) is 4.41. The monoisotopic (exact) mass is 268 g/mol. The van der Waals surface area contributed by atoms with Gasteiger partial charge in [-0.15, -0.1) is 0 Å². The quantitative estimate of drug-likeness (QED) is 0.791. The summed E-state index contributed by atoms with van der Waals surface area (Å²) in [6.45, 7) is 0.473. The minimum Gasteiger partial charge on any atom is -0.330 e. The number of fused-ring (bicyclic) bond motifs is 1. The Morgan fingerprint density at radius 3 is 2.70 bits per heavy atom. The lowest BCUT2D eigenvalue weighted by molar-refractivity contribution is 0.629. The van der Waals surface area contributed by atoms with E-state index in [-0.39, 0.29) is 5.82 Å². The molecule has 0 saturated heterocycles. The fourth-order valence-electron chi connectivity index (χ4n) is 2.08. The number of nitrogens with zero attached hydrogens (tertiary/aromatic N) is 3. The van der Waals surface area contributed by atoms with Crippen molar-refractivity contribution >= 4 is 11.0 Å². The SMILES string of the molecule is NCCc1nc2ccc(F)cc2nc1-c1ccccn1. The van der Waals surface area contributed by atoms with Gasteiger partial charge < -0.3 is 5.73 Å². The molecule has 0 saturated carbocycles. The van der Waals surface area contributed by atoms with Gasteiger partial charge in [-0.25, -0.2) is 14.4 Å². The average Bonchev–Trinajstić information content (AvgIpc) is 2.48. The number of aromatic nitrogens is 3. The number of hydrogen-bond acceptors (Lipinski definition) is 4. The average molecular weight is 268 g/mol. The summed E-state index contributed by atoms with van der Waals surface area (Å²) in [5.74, 6) is -0.328. The van der Waals surface area contributed by atoms with E-state index in [4.69, 9.17) is 5.73 Å². The van der Waals surface area contributed by atoms with Crippen LogP contribution >= 0.6 is 0 Å². The molecule has 0 atom stereocenters. The fourth-order valence-corrected chi connectivity index (χ4v) is 2.08. The summed E-state index contributed by atoms with van der Waals surface area (Å²) < 4.78 is 13.3. The minimum absolute atomic E-state index is 0.328. The molecule has 5 heteroatoms. The van der Waals surface area contributed by atoms with Crippen molar-refractivity contribution < 1.29 is 4.39 Å². The Hall–Kier alpha value is -2.40. The first kappa shape index (κ1) is 12.6. The Kier molecular flexibility index (Phi) is 3.35. The first-order valence-corrected chi connectivity index (χ1v) is 6.35. The normalized spacial score (nSPS) is 10.9. The molecule has 20 heavy (non-hydrogen) atoms. The van der Waals surface area contributed by atoms with E-state index in [2.05, 4.69) is 15.0 Å². The molecule has 2 aromatic heterocycles. The standard InChI is InChI=1S/C15H13FN4/c16-10-4-5-11-14(9-10)20-15(13(19-11)6-7-17)12-3-1-2-8-18-12/h1-5,8-9H,6-7,17H2. The molecule has 2 N–H and O–H groups in total. The molecule has 0 fully saturated rings. The van der Waals surface area contributed by atoms with E-state index in [1.807, 2.05) is 18.2 Å². The topological polar surface area (TPSA) is 64.7 Å². The Balaban J connectivity index is 2.24. The van der Waals surface area contributed by atoms with Crippen molar-refractivity contribution in [3.05, 3.63) is 54.1 Å². The molecule has 0 bridgehead atoms. The summed E-state index contributed by atoms with van der Waals surface area (Å²) in [4.78, 5) is 13.3. The van der Waals surface area contributed by atoms with E-state index < -0.39 is 0 Å². The zero-order chi connectivity index (χ0) is 13.9. The van der Waals surface area contributed by atoms with Gasteiger partial charge >= 0.3 is 0 Å². The third kappa shape index (κ3) is 2.35. The molecular weight excluding hydrogens is 255 g/mol. The van der Waals surface area contributed by atoms with Crippen LogP contribution in [-0.4, -0.2) is 21.5 Å². The van der Waals surface area contributed by atoms with Crippen molar-refractivity contribution in [3.63, 3.8) is 0 Å². The maximum Gasteiger partial charge on any atom is 0.125 e. The van der Waals surface area contributed by atoms with Crippen LogP contribution in [0.15, 0.2) is 42.6 Å². The van der Waals surface area contributed by atoms with Crippen molar-refractivity contribution in [2.45, 2.75) is 6.42 Å². The summed E-state index contributed by atoms with van der Waals surface area (Å²) in [5, 5.41) is 0. The number of nitrogens with two attached hydrogens (primary N) is 1. The molecule has 3 rings (SSSR count). The lowest BCUT2D eigenvalue weighted by Gasteiger charge is -2.08. The summed E-state index contributed by atoms with van der Waals surface area (Å²) in [5.41, 5.74) is 8.97. The Morgan fingerprint density at radius 1 is 1.05 bits per heavy atom. The number of pyridine rings is 1. The Morgan fingerprint density at radius 2 is 1.95 bits per heavy atom. The van der Waals surface area contributed by atoms with Gasteiger partial charge in [-0.05, 0) is 30.8 Å². The van der Waals surface area contributed by atoms with Gasteiger partial charge in [0.1, 0.15) is 11.5 Å². The van der Waals surface area contributed by atoms with E-state index >= 15 is 0 Å². The van der Waals surface area contributed by atoms with E-state index in [0.29, 0.717) is 29.7 Å². The molecule has 0 aliphatic heterocycles. The Labute approximate surface area is 115 Å². The predicted octanol–water partition coefficient (Wildman–Crippen LogP) is 2.33. The zero-order valence-corrected chi connectivity index (χ0v) is 10.8. The van der Waals surface area contributed by atoms with Gasteiger partial charge in [0.2, 0.25) is 0 Å². The van der Waals surface area contributed by atoms with E-state index in [9.17, 15) is 4.39 Å². The smallest absolute Gasteiger partial charge is 0.125 e. The first-order chi connectivity index (χ1) is 9.78. The molecule has 0 unspecified atom stereocenters. The van der Waals surface area contributed by atoms with Gasteiger partial charge in [-0.1, -0.05) is 6.07 Å². The number of hydrogen-bond donors (Lipinski definition) is 1. The molecule has 3 aromatic rings. The highest BCUT2D eigenvalue weighted by molar-refractivity contribution is 5.77. The van der Waals surface area contributed by atoms with E-state index in [1.54, 1.807) is 12.3 Å². The second-order valence-corrected chi connectivity index (χ2v) is 4.41. The molecule has 1 aromatic carbocycles. The highest BCUT2D eigenvalue weighted by Crippen LogP contribution is 2.22. The third-order valence-electron chi connectivity index (χ3n) is 2.99. The molecular formula is C15H13FN4. The molecule has 4 nitrogen and oxygen atoms in total. The summed E-state index contributed by atoms with van der Waals surface area (Å²) in [6.07, 6.45) is 2.30. The van der Waals surface area contributed by atoms with Crippen molar-refractivity contribution in [3.8, 4) is 11.4 Å². The van der Waals surface area contributed by atoms with Crippen LogP contribution in [0.5, 0.6) is 0 Å². The zero-order valence-electron chi connectivity index (χ0n) is 10.8. The number of benzene rings is 1. The van der Waals surface area contributed by atoms with Crippen LogP contribution in [-0.2, 0) is 6.42 Å². The van der Waals surface area contributed by atoms with Crippen LogP contribution in [0.2, 0.25) is 0 Å². The maximum absolute atomic E-state index is 13.3. The lowest BCUT2D eigenvalue weighted by Crippen LogP contribution is -2.08. The van der Waals surface area contributed by atoms with Crippen LogP contribution in [0, 0.1) is 5.82 Å². The maximum atomic E-state index is 13.3. The largest absolute Gasteiger partial charge is 0.330 e. The van der Waals surface area contributed by atoms with Gasteiger partial charge in [0.15, 0.2) is 0 Å². The molecule has 100 valence electrons. The summed E-state index contributed by atoms with van der Waals surface area (Å²) in [6, 6.07) is 9.95. The van der Waals surface area contributed by atoms with Crippen molar-refractivity contribution in [1.29, 1.82) is 0 Å². The molecule has 0 aliphatic carbocycles. The van der Waals surface area contributed by atoms with Gasteiger partial charge in [-0.3, -0.25) is 4.98 Å². The van der Waals surface area contributed by atoms with Crippen molar-refractivity contribution in [2.24, 2.45) is 5.73 Å². The molecule has 0 amide bonds. The van der Waals surface area contributed by atoms with Gasteiger partial charge in [0, 0.05) is 18.7 Å². The van der Waals surface area contributed by atoms with Crippen molar-refractivity contribution in [1.82, 2.24) is 15.0 Å². The van der Waals surface area contributed by atoms with Crippen LogP contribution < -0.4 is 5.73 Å². The lowest BCUT2D eigenvalue weighted by atomic mass is 10.1. The van der Waals surface area contributed by atoms with Gasteiger partial charge in [0.05, 0.1) is 22.4 Å². The third-order valence-corrected chi connectivity index (χ3v) is 2.99. The molecule has 0 spiro atoms. The first-order valence-electron chi connectivity index (χ1n) is 6.35. The highest BCUT2D eigenvalue weighted by Gasteiger charge is 2.11. The van der Waals surface area contributed by atoms with Crippen molar-refractivity contribution in [2.75, 3.05) is 6.54 Å². The van der Waals surface area contributed by atoms with Crippen LogP contribution in [0.3, 0.4) is 0 Å². The predicted molar refractivity (Wildman–Crippen MR) is 75.5 cm³/mol. The fraction of sp³-hybridized carbons (Fsp3) is 0.133. The van der Waals surface area contributed by atoms with E-state index in [0.717, 1.165) is 11.4 Å². The van der Waals surface area contributed by atoms with E-state index in [1.165, 1.54) is 12.1 Å². The van der Waals surface area contributed by atoms with Crippen LogP contribution in [0.4, 0.5) is 4.39 Å². The highest BCUT2D eigenvalue weighted by atomic mass is 19.1. The summed E-state index contributed by atoms with van der Waals surface area (Å²) in [7, 11) is 0. The van der Waals surface area contributed by atoms with Gasteiger partial charge in [0.25, 0.3) is 0 Å². The second kappa shape index (κ2) is 5.30. The van der Waals surface area contributed by atoms with Gasteiger partial charge in [-0.2, -0.15) is 0 Å². The Bertz CT molecular complexity index is 743.